The van der Waals surface area contributed by atoms with Crippen molar-refractivity contribution in [3.05, 3.63) is 90.0 Å². The van der Waals surface area contributed by atoms with Crippen LogP contribution in [0.5, 0.6) is 5.75 Å². The van der Waals surface area contributed by atoms with E-state index in [1.807, 2.05) is 36.4 Å². The third kappa shape index (κ3) is 4.57. The second-order valence-corrected chi connectivity index (χ2v) is 8.20. The number of amides is 1. The van der Waals surface area contributed by atoms with Gasteiger partial charge in [-0.3, -0.25) is 9.69 Å². The number of anilines is 2. The Morgan fingerprint density at radius 1 is 0.871 bits per heavy atom. The van der Waals surface area contributed by atoms with Crippen molar-refractivity contribution in [3.63, 3.8) is 0 Å². The lowest BCUT2D eigenvalue weighted by molar-refractivity contribution is -0.122. The maximum Gasteiger partial charge on any atom is 0.265 e. The predicted molar refractivity (Wildman–Crippen MR) is 124 cm³/mol. The second kappa shape index (κ2) is 8.82. The molecular formula is C26H27N3O2. The largest absolute Gasteiger partial charge is 0.480 e. The summed E-state index contributed by atoms with van der Waals surface area (Å²) in [5, 5.41) is 2.99. The van der Waals surface area contributed by atoms with E-state index >= 15 is 0 Å². The number of fused-ring (bicyclic) bond motifs is 1. The fraction of sp³-hybridized carbons (Fsp3) is 0.269. The number of piperazine rings is 1. The van der Waals surface area contributed by atoms with E-state index in [2.05, 4.69) is 57.6 Å². The summed E-state index contributed by atoms with van der Waals surface area (Å²) in [6.45, 7) is 5.12. The van der Waals surface area contributed by atoms with Crippen LogP contribution in [0.4, 0.5) is 11.4 Å². The molecule has 0 saturated carbocycles. The number of nitrogens with one attached hydrogen (secondary N) is 1. The fourth-order valence-electron chi connectivity index (χ4n) is 4.31. The summed E-state index contributed by atoms with van der Waals surface area (Å²) >= 11 is 0. The summed E-state index contributed by atoms with van der Waals surface area (Å²) in [4.78, 5) is 17.5. The zero-order chi connectivity index (χ0) is 21.0. The molecule has 0 aliphatic carbocycles. The molecule has 1 fully saturated rings. The van der Waals surface area contributed by atoms with Crippen LogP contribution in [0.2, 0.25) is 0 Å². The molecule has 3 aromatic rings. The summed E-state index contributed by atoms with van der Waals surface area (Å²) in [7, 11) is 0. The minimum atomic E-state index is -0.463. The van der Waals surface area contributed by atoms with Crippen LogP contribution >= 0.6 is 0 Å². The molecule has 0 aromatic heterocycles. The fourth-order valence-corrected chi connectivity index (χ4v) is 4.31. The highest BCUT2D eigenvalue weighted by Gasteiger charge is 2.28. The van der Waals surface area contributed by atoms with Gasteiger partial charge in [0.25, 0.3) is 5.91 Å². The van der Waals surface area contributed by atoms with Crippen molar-refractivity contribution in [1.29, 1.82) is 0 Å². The van der Waals surface area contributed by atoms with Crippen molar-refractivity contribution in [1.82, 2.24) is 4.90 Å². The van der Waals surface area contributed by atoms with Gasteiger partial charge < -0.3 is 15.0 Å². The van der Waals surface area contributed by atoms with Gasteiger partial charge in [0.05, 0.1) is 0 Å². The monoisotopic (exact) mass is 413 g/mol. The van der Waals surface area contributed by atoms with Crippen molar-refractivity contribution in [2.75, 3.05) is 36.4 Å². The molecule has 2 aliphatic rings. The average Bonchev–Trinajstić information content (AvgIpc) is 3.26. The maximum absolute atomic E-state index is 12.6. The molecule has 1 N–H and O–H groups in total. The van der Waals surface area contributed by atoms with Gasteiger partial charge in [-0.25, -0.2) is 0 Å². The molecule has 0 spiro atoms. The number of ether oxygens (including phenoxy) is 1. The topological polar surface area (TPSA) is 44.8 Å². The third-order valence-electron chi connectivity index (χ3n) is 6.06. The number of rotatable bonds is 5. The Morgan fingerprint density at radius 2 is 1.58 bits per heavy atom. The Bertz CT molecular complexity index is 1000. The van der Waals surface area contributed by atoms with Gasteiger partial charge in [0.1, 0.15) is 5.75 Å². The molecule has 5 rings (SSSR count). The zero-order valence-electron chi connectivity index (χ0n) is 17.5. The van der Waals surface area contributed by atoms with Crippen molar-refractivity contribution in [3.8, 4) is 5.75 Å². The smallest absolute Gasteiger partial charge is 0.265 e. The van der Waals surface area contributed by atoms with E-state index in [4.69, 9.17) is 4.74 Å². The van der Waals surface area contributed by atoms with E-state index in [0.29, 0.717) is 6.42 Å². The molecular weight excluding hydrogens is 386 g/mol. The van der Waals surface area contributed by atoms with E-state index in [-0.39, 0.29) is 5.91 Å². The molecule has 0 radical (unpaired) electrons. The van der Waals surface area contributed by atoms with Gasteiger partial charge in [-0.15, -0.1) is 0 Å². The van der Waals surface area contributed by atoms with Crippen LogP contribution in [0.25, 0.3) is 0 Å². The molecule has 2 aliphatic heterocycles. The van der Waals surface area contributed by atoms with Gasteiger partial charge in [0, 0.05) is 50.5 Å². The summed E-state index contributed by atoms with van der Waals surface area (Å²) in [5.74, 6) is 0.711. The highest BCUT2D eigenvalue weighted by atomic mass is 16.5. The van der Waals surface area contributed by atoms with Crippen molar-refractivity contribution in [2.24, 2.45) is 0 Å². The van der Waals surface area contributed by atoms with Crippen molar-refractivity contribution < 1.29 is 9.53 Å². The first-order valence-corrected chi connectivity index (χ1v) is 10.9. The summed E-state index contributed by atoms with van der Waals surface area (Å²) < 4.78 is 5.79. The van der Waals surface area contributed by atoms with Crippen LogP contribution in [0.3, 0.4) is 0 Å². The van der Waals surface area contributed by atoms with E-state index in [9.17, 15) is 4.79 Å². The van der Waals surface area contributed by atoms with Gasteiger partial charge in [-0.2, -0.15) is 0 Å². The van der Waals surface area contributed by atoms with Crippen LogP contribution in [-0.2, 0) is 17.8 Å². The minimum absolute atomic E-state index is 0.0986. The summed E-state index contributed by atoms with van der Waals surface area (Å²) in [5.41, 5.74) is 4.45. The third-order valence-corrected chi connectivity index (χ3v) is 6.06. The highest BCUT2D eigenvalue weighted by Crippen LogP contribution is 2.29. The average molecular weight is 414 g/mol. The van der Waals surface area contributed by atoms with Crippen LogP contribution in [0, 0.1) is 0 Å². The highest BCUT2D eigenvalue weighted by molar-refractivity contribution is 5.95. The number of hydrogen-bond donors (Lipinski definition) is 1. The normalized spacial score (nSPS) is 18.3. The Labute approximate surface area is 183 Å². The molecule has 1 saturated heterocycles. The molecule has 5 nitrogen and oxygen atoms in total. The van der Waals surface area contributed by atoms with Crippen LogP contribution in [0.15, 0.2) is 78.9 Å². The molecule has 0 bridgehead atoms. The number of hydrogen-bond acceptors (Lipinski definition) is 4. The lowest BCUT2D eigenvalue weighted by atomic mass is 10.1. The molecule has 158 valence electrons. The second-order valence-electron chi connectivity index (χ2n) is 8.20. The molecule has 0 unspecified atom stereocenters. The van der Waals surface area contributed by atoms with Crippen LogP contribution in [-0.4, -0.2) is 43.1 Å². The summed E-state index contributed by atoms with van der Waals surface area (Å²) in [6.07, 6.45) is 0.155. The first kappa shape index (κ1) is 19.6. The van der Waals surface area contributed by atoms with Crippen LogP contribution < -0.4 is 15.0 Å². The number of carbonyl (C=O) groups is 1. The Kier molecular flexibility index (Phi) is 5.59. The number of para-hydroxylation sites is 1. The minimum Gasteiger partial charge on any atom is -0.480 e. The van der Waals surface area contributed by atoms with Crippen molar-refractivity contribution >= 4 is 17.3 Å². The molecule has 3 aromatic carbocycles. The first-order chi connectivity index (χ1) is 15.2. The zero-order valence-corrected chi connectivity index (χ0v) is 17.5. The lowest BCUT2D eigenvalue weighted by Gasteiger charge is -2.36. The Balaban J connectivity index is 1.13. The van der Waals surface area contributed by atoms with Gasteiger partial charge in [0.2, 0.25) is 0 Å². The van der Waals surface area contributed by atoms with E-state index in [0.717, 1.165) is 49.7 Å². The quantitative estimate of drug-likeness (QED) is 0.688. The van der Waals surface area contributed by atoms with Gasteiger partial charge >= 0.3 is 0 Å². The number of nitrogens with zero attached hydrogens (tertiary/aromatic N) is 2. The molecule has 31 heavy (non-hydrogen) atoms. The van der Waals surface area contributed by atoms with Crippen LogP contribution in [0.1, 0.15) is 11.1 Å². The van der Waals surface area contributed by atoms with E-state index < -0.39 is 6.10 Å². The maximum atomic E-state index is 12.6. The van der Waals surface area contributed by atoms with E-state index in [1.54, 1.807) is 0 Å². The summed E-state index contributed by atoms with van der Waals surface area (Å²) in [6, 6.07) is 26.6. The standard InChI is InChI=1S/C26H27N3O2/c30-26(25-18-21-8-4-5-9-24(21)31-25)27-22-10-12-23(13-11-22)29-16-14-28(15-17-29)19-20-6-2-1-3-7-20/h1-13,25H,14-19H2,(H,27,30)/t25-/m0/s1. The predicted octanol–water partition coefficient (Wildman–Crippen LogP) is 3.95. The SMILES string of the molecule is O=C(Nc1ccc(N2CCN(Cc3ccccc3)CC2)cc1)[C@@H]1Cc2ccccc2O1. The molecule has 2 heterocycles. The Morgan fingerprint density at radius 3 is 2.32 bits per heavy atom. The Hall–Kier alpha value is -3.31. The lowest BCUT2D eigenvalue weighted by Crippen LogP contribution is -2.45. The number of benzene rings is 3. The van der Waals surface area contributed by atoms with E-state index in [1.165, 1.54) is 11.3 Å². The first-order valence-electron chi connectivity index (χ1n) is 10.9. The molecule has 1 amide bonds. The van der Waals surface area contributed by atoms with Gasteiger partial charge in [0.15, 0.2) is 6.10 Å². The van der Waals surface area contributed by atoms with Gasteiger partial charge in [-0.1, -0.05) is 48.5 Å². The molecule has 5 heteroatoms. The molecule has 1 atom stereocenters. The van der Waals surface area contributed by atoms with Crippen molar-refractivity contribution in [2.45, 2.75) is 19.1 Å². The number of carbonyl (C=O) groups excluding carboxylic acids is 1. The van der Waals surface area contributed by atoms with Gasteiger partial charge in [-0.05, 0) is 41.5 Å².